The van der Waals surface area contributed by atoms with Crippen LogP contribution in [0, 0.1) is 0 Å². The number of carboxylic acid groups (broad SMARTS) is 1. The Hall–Kier alpha value is -1.88. The monoisotopic (exact) mass is 290 g/mol. The SMILES string of the molecule is CN(C=O)C1(C(=O)O)CCN(CCc2ccccc2)CC1. The van der Waals surface area contributed by atoms with Gasteiger partial charge in [-0.1, -0.05) is 30.3 Å². The van der Waals surface area contributed by atoms with Gasteiger partial charge in [0.1, 0.15) is 5.54 Å². The molecule has 0 aliphatic carbocycles. The number of likely N-dealkylation sites (N-methyl/N-ethyl adjacent to an activating group) is 1. The van der Waals surface area contributed by atoms with Crippen LogP contribution in [0.2, 0.25) is 0 Å². The molecule has 1 saturated heterocycles. The third-order valence-electron chi connectivity index (χ3n) is 4.47. The fourth-order valence-corrected chi connectivity index (χ4v) is 2.90. The summed E-state index contributed by atoms with van der Waals surface area (Å²) < 4.78 is 0. The maximum atomic E-state index is 11.5. The van der Waals surface area contributed by atoms with Crippen LogP contribution in [-0.4, -0.2) is 59.5 Å². The van der Waals surface area contributed by atoms with Gasteiger partial charge < -0.3 is 14.9 Å². The summed E-state index contributed by atoms with van der Waals surface area (Å²) in [5.74, 6) is -0.903. The van der Waals surface area contributed by atoms with Crippen molar-refractivity contribution in [2.75, 3.05) is 26.7 Å². The number of nitrogens with zero attached hydrogens (tertiary/aromatic N) is 2. The average molecular weight is 290 g/mol. The van der Waals surface area contributed by atoms with Gasteiger partial charge in [-0.05, 0) is 24.8 Å². The second-order valence-electron chi connectivity index (χ2n) is 5.63. The number of likely N-dealkylation sites (tertiary alicyclic amines) is 1. The summed E-state index contributed by atoms with van der Waals surface area (Å²) in [6.45, 7) is 2.33. The molecule has 2 rings (SSSR count). The van der Waals surface area contributed by atoms with Gasteiger partial charge in [-0.2, -0.15) is 0 Å². The van der Waals surface area contributed by atoms with Crippen molar-refractivity contribution < 1.29 is 14.7 Å². The zero-order chi connectivity index (χ0) is 15.3. The van der Waals surface area contributed by atoms with Crippen LogP contribution in [0.5, 0.6) is 0 Å². The fraction of sp³-hybridized carbons (Fsp3) is 0.500. The van der Waals surface area contributed by atoms with Crippen LogP contribution >= 0.6 is 0 Å². The third-order valence-corrected chi connectivity index (χ3v) is 4.47. The first-order chi connectivity index (χ1) is 10.1. The van der Waals surface area contributed by atoms with Crippen molar-refractivity contribution in [2.24, 2.45) is 0 Å². The Morgan fingerprint density at radius 1 is 1.33 bits per heavy atom. The molecule has 1 aliphatic rings. The normalized spacial score (nSPS) is 18.1. The lowest BCUT2D eigenvalue weighted by Gasteiger charge is -2.42. The standard InChI is InChI=1S/C16H22N2O3/c1-17(13-19)16(15(20)21)8-11-18(12-9-16)10-7-14-5-3-2-4-6-14/h2-6,13H,7-12H2,1H3,(H,20,21). The maximum absolute atomic E-state index is 11.5. The number of carbonyl (C=O) groups excluding carboxylic acids is 1. The summed E-state index contributed by atoms with van der Waals surface area (Å²) in [5, 5.41) is 9.47. The first kappa shape index (κ1) is 15.5. The number of carbonyl (C=O) groups is 2. The summed E-state index contributed by atoms with van der Waals surface area (Å²) in [6.07, 6.45) is 2.54. The summed E-state index contributed by atoms with van der Waals surface area (Å²) in [7, 11) is 1.56. The predicted molar refractivity (Wildman–Crippen MR) is 80.0 cm³/mol. The zero-order valence-corrected chi connectivity index (χ0v) is 12.4. The van der Waals surface area contributed by atoms with E-state index in [1.165, 1.54) is 10.5 Å². The van der Waals surface area contributed by atoms with E-state index in [4.69, 9.17) is 0 Å². The Morgan fingerprint density at radius 2 is 1.95 bits per heavy atom. The van der Waals surface area contributed by atoms with Gasteiger partial charge in [0.15, 0.2) is 0 Å². The number of benzene rings is 1. The molecule has 0 saturated carbocycles. The molecule has 114 valence electrons. The van der Waals surface area contributed by atoms with E-state index in [-0.39, 0.29) is 0 Å². The van der Waals surface area contributed by atoms with Gasteiger partial charge in [0.2, 0.25) is 6.41 Å². The predicted octanol–water partition coefficient (Wildman–Crippen LogP) is 1.24. The van der Waals surface area contributed by atoms with Gasteiger partial charge in [-0.25, -0.2) is 4.79 Å². The topological polar surface area (TPSA) is 60.9 Å². The van der Waals surface area contributed by atoms with Crippen molar-refractivity contribution in [3.63, 3.8) is 0 Å². The molecule has 1 aromatic rings. The van der Waals surface area contributed by atoms with Crippen molar-refractivity contribution in [3.8, 4) is 0 Å². The second kappa shape index (κ2) is 6.72. The van der Waals surface area contributed by atoms with Gasteiger partial charge in [-0.15, -0.1) is 0 Å². The molecular weight excluding hydrogens is 268 g/mol. The lowest BCUT2D eigenvalue weighted by atomic mass is 9.86. The molecule has 1 amide bonds. The van der Waals surface area contributed by atoms with E-state index in [2.05, 4.69) is 17.0 Å². The van der Waals surface area contributed by atoms with Crippen LogP contribution in [0.15, 0.2) is 30.3 Å². The Labute approximate surface area is 125 Å². The van der Waals surface area contributed by atoms with Crippen molar-refractivity contribution >= 4 is 12.4 Å². The van der Waals surface area contributed by atoms with Crippen molar-refractivity contribution in [1.82, 2.24) is 9.80 Å². The fourth-order valence-electron chi connectivity index (χ4n) is 2.90. The number of hydrogen-bond donors (Lipinski definition) is 1. The second-order valence-corrected chi connectivity index (χ2v) is 5.63. The lowest BCUT2D eigenvalue weighted by molar-refractivity contribution is -0.157. The molecule has 0 atom stereocenters. The molecule has 0 bridgehead atoms. The highest BCUT2D eigenvalue weighted by molar-refractivity contribution is 5.81. The smallest absolute Gasteiger partial charge is 0.329 e. The van der Waals surface area contributed by atoms with Crippen molar-refractivity contribution in [2.45, 2.75) is 24.8 Å². The van der Waals surface area contributed by atoms with Gasteiger partial charge in [-0.3, -0.25) is 4.79 Å². The number of amides is 1. The number of carboxylic acids is 1. The zero-order valence-electron chi connectivity index (χ0n) is 12.4. The van der Waals surface area contributed by atoms with E-state index in [1.54, 1.807) is 7.05 Å². The van der Waals surface area contributed by atoms with Crippen LogP contribution in [-0.2, 0) is 16.0 Å². The Morgan fingerprint density at radius 3 is 2.48 bits per heavy atom. The Bertz CT molecular complexity index is 482. The molecule has 5 nitrogen and oxygen atoms in total. The van der Waals surface area contributed by atoms with Crippen molar-refractivity contribution in [3.05, 3.63) is 35.9 Å². The Kier molecular flexibility index (Phi) is 4.96. The minimum atomic E-state index is -1.04. The first-order valence-electron chi connectivity index (χ1n) is 7.26. The van der Waals surface area contributed by atoms with E-state index < -0.39 is 11.5 Å². The molecule has 1 heterocycles. The Balaban J connectivity index is 1.90. The number of rotatable bonds is 6. The maximum Gasteiger partial charge on any atom is 0.329 e. The largest absolute Gasteiger partial charge is 0.479 e. The summed E-state index contributed by atoms with van der Waals surface area (Å²) in [4.78, 5) is 26.1. The van der Waals surface area contributed by atoms with E-state index in [9.17, 15) is 14.7 Å². The molecule has 5 heteroatoms. The highest BCUT2D eigenvalue weighted by Gasteiger charge is 2.44. The molecule has 21 heavy (non-hydrogen) atoms. The first-order valence-corrected chi connectivity index (χ1v) is 7.26. The van der Waals surface area contributed by atoms with Crippen LogP contribution in [0.4, 0.5) is 0 Å². The lowest BCUT2D eigenvalue weighted by Crippen LogP contribution is -2.58. The van der Waals surface area contributed by atoms with Gasteiger partial charge >= 0.3 is 5.97 Å². The number of hydrogen-bond acceptors (Lipinski definition) is 3. The van der Waals surface area contributed by atoms with Crippen LogP contribution < -0.4 is 0 Å². The van der Waals surface area contributed by atoms with Gasteiger partial charge in [0, 0.05) is 26.7 Å². The molecular formula is C16H22N2O3. The molecule has 0 unspecified atom stereocenters. The quantitative estimate of drug-likeness (QED) is 0.801. The minimum absolute atomic E-state index is 0.479. The third kappa shape index (κ3) is 3.42. The summed E-state index contributed by atoms with van der Waals surface area (Å²) in [5.41, 5.74) is 0.253. The van der Waals surface area contributed by atoms with Crippen molar-refractivity contribution in [1.29, 1.82) is 0 Å². The highest BCUT2D eigenvalue weighted by Crippen LogP contribution is 2.27. The van der Waals surface area contributed by atoms with E-state index in [1.807, 2.05) is 18.2 Å². The van der Waals surface area contributed by atoms with E-state index in [0.717, 1.165) is 13.0 Å². The van der Waals surface area contributed by atoms with Crippen LogP contribution in [0.1, 0.15) is 18.4 Å². The van der Waals surface area contributed by atoms with Gasteiger partial charge in [0.05, 0.1) is 0 Å². The van der Waals surface area contributed by atoms with Gasteiger partial charge in [0.25, 0.3) is 0 Å². The average Bonchev–Trinajstić information content (AvgIpc) is 2.53. The molecule has 0 spiro atoms. The highest BCUT2D eigenvalue weighted by atomic mass is 16.4. The van der Waals surface area contributed by atoms with Crippen LogP contribution in [0.25, 0.3) is 0 Å². The molecule has 1 N–H and O–H groups in total. The molecule has 0 radical (unpaired) electrons. The summed E-state index contributed by atoms with van der Waals surface area (Å²) >= 11 is 0. The molecule has 1 fully saturated rings. The van der Waals surface area contributed by atoms with Crippen LogP contribution in [0.3, 0.4) is 0 Å². The molecule has 1 aliphatic heterocycles. The summed E-state index contributed by atoms with van der Waals surface area (Å²) in [6, 6.07) is 10.3. The van der Waals surface area contributed by atoms with E-state index in [0.29, 0.717) is 32.3 Å². The molecule has 0 aromatic heterocycles. The molecule has 1 aromatic carbocycles. The minimum Gasteiger partial charge on any atom is -0.479 e. The number of aliphatic carboxylic acids is 1. The van der Waals surface area contributed by atoms with E-state index >= 15 is 0 Å². The number of piperidine rings is 1.